The standard InChI is InChI=1S/C33H44N2O7/c1-18(2)6-27(38)35(17-33-13-19-7-20(14-33)9-21(8-19)15-33)25-12-24(32(40)34-4-5-36)28-23-10-22(16-37)11-26(41-3)30(23)42-31(28)29(25)39/h6,10-12,19-21,25,28-29,31,36-37,39H,4-5,7-9,13-17H2,1-3H3,(H,34,40). The van der Waals surface area contributed by atoms with Crippen molar-refractivity contribution in [3.05, 3.63) is 46.6 Å². The number of benzene rings is 1. The van der Waals surface area contributed by atoms with Crippen LogP contribution in [0.5, 0.6) is 11.5 Å². The summed E-state index contributed by atoms with van der Waals surface area (Å²) in [5.41, 5.74) is 2.51. The van der Waals surface area contributed by atoms with Gasteiger partial charge in [-0.05, 0) is 99.3 Å². The molecule has 4 fully saturated rings. The summed E-state index contributed by atoms with van der Waals surface area (Å²) in [6.45, 7) is 3.94. The van der Waals surface area contributed by atoms with E-state index in [1.165, 1.54) is 26.4 Å². The van der Waals surface area contributed by atoms with Crippen molar-refractivity contribution < 1.29 is 34.4 Å². The van der Waals surface area contributed by atoms with Gasteiger partial charge in [0.2, 0.25) is 11.8 Å². The lowest BCUT2D eigenvalue weighted by Crippen LogP contribution is -2.59. The molecule has 4 bridgehead atoms. The van der Waals surface area contributed by atoms with E-state index < -0.39 is 24.2 Å². The van der Waals surface area contributed by atoms with E-state index in [1.807, 2.05) is 13.8 Å². The number of rotatable bonds is 9. The number of amides is 2. The van der Waals surface area contributed by atoms with Crippen molar-refractivity contribution in [3.63, 3.8) is 0 Å². The monoisotopic (exact) mass is 580 g/mol. The quantitative estimate of drug-likeness (QED) is 0.331. The van der Waals surface area contributed by atoms with E-state index >= 15 is 0 Å². The summed E-state index contributed by atoms with van der Waals surface area (Å²) >= 11 is 0. The van der Waals surface area contributed by atoms with Gasteiger partial charge in [0.25, 0.3) is 0 Å². The van der Waals surface area contributed by atoms with Crippen LogP contribution in [0.2, 0.25) is 0 Å². The van der Waals surface area contributed by atoms with Crippen LogP contribution in [0.15, 0.2) is 35.4 Å². The smallest absolute Gasteiger partial charge is 0.247 e. The highest BCUT2D eigenvalue weighted by atomic mass is 16.5. The maximum atomic E-state index is 14.0. The molecule has 0 radical (unpaired) electrons. The number of hydrogen-bond donors (Lipinski definition) is 4. The predicted octanol–water partition coefficient (Wildman–Crippen LogP) is 2.82. The summed E-state index contributed by atoms with van der Waals surface area (Å²) in [4.78, 5) is 29.4. The number of fused-ring (bicyclic) bond motifs is 3. The molecule has 7 rings (SSSR count). The van der Waals surface area contributed by atoms with Gasteiger partial charge in [-0.3, -0.25) is 9.59 Å². The first kappa shape index (κ1) is 29.2. The number of carbonyl (C=O) groups is 2. The number of hydrogen-bond acceptors (Lipinski definition) is 7. The zero-order valence-corrected chi connectivity index (χ0v) is 24.8. The van der Waals surface area contributed by atoms with Crippen molar-refractivity contribution in [2.45, 2.75) is 83.1 Å². The number of nitrogens with zero attached hydrogens (tertiary/aromatic N) is 1. The van der Waals surface area contributed by atoms with Crippen LogP contribution < -0.4 is 14.8 Å². The Morgan fingerprint density at radius 1 is 1.12 bits per heavy atom. The molecule has 6 aliphatic rings. The molecule has 9 nitrogen and oxygen atoms in total. The second-order valence-electron chi connectivity index (χ2n) is 13.6. The van der Waals surface area contributed by atoms with E-state index in [0.29, 0.717) is 52.5 Å². The van der Waals surface area contributed by atoms with Crippen LogP contribution in [-0.2, 0) is 16.2 Å². The molecule has 0 spiro atoms. The van der Waals surface area contributed by atoms with Gasteiger partial charge < -0.3 is 35.0 Å². The topological polar surface area (TPSA) is 129 Å². The normalized spacial score (nSPS) is 33.7. The van der Waals surface area contributed by atoms with Gasteiger partial charge in [-0.15, -0.1) is 0 Å². The molecule has 1 aromatic rings. The number of aliphatic hydroxyl groups excluding tert-OH is 3. The van der Waals surface area contributed by atoms with Crippen molar-refractivity contribution in [3.8, 4) is 11.5 Å². The largest absolute Gasteiger partial charge is 0.493 e. The average molecular weight is 581 g/mol. The van der Waals surface area contributed by atoms with Gasteiger partial charge in [-0.2, -0.15) is 0 Å². The second-order valence-corrected chi connectivity index (χ2v) is 13.6. The minimum Gasteiger partial charge on any atom is -0.493 e. The Balaban J connectivity index is 1.42. The number of carbonyl (C=O) groups excluding carboxylic acids is 2. The Morgan fingerprint density at radius 3 is 2.36 bits per heavy atom. The fourth-order valence-electron chi connectivity index (χ4n) is 9.12. The summed E-state index contributed by atoms with van der Waals surface area (Å²) in [6.07, 6.45) is 8.58. The van der Waals surface area contributed by atoms with Crippen molar-refractivity contribution >= 4 is 11.8 Å². The molecule has 0 saturated heterocycles. The molecular formula is C33H44N2O7. The Morgan fingerprint density at radius 2 is 1.79 bits per heavy atom. The number of aliphatic hydroxyl groups is 3. The highest BCUT2D eigenvalue weighted by Gasteiger charge is 2.55. The minimum atomic E-state index is -1.11. The molecule has 4 unspecified atom stereocenters. The van der Waals surface area contributed by atoms with Crippen LogP contribution in [0, 0.1) is 23.2 Å². The van der Waals surface area contributed by atoms with Gasteiger partial charge in [-0.25, -0.2) is 0 Å². The Hall–Kier alpha value is -2.88. The van der Waals surface area contributed by atoms with E-state index in [2.05, 4.69) is 5.32 Å². The van der Waals surface area contributed by atoms with E-state index in [1.54, 1.807) is 29.2 Å². The van der Waals surface area contributed by atoms with Crippen molar-refractivity contribution in [2.24, 2.45) is 23.2 Å². The van der Waals surface area contributed by atoms with Gasteiger partial charge in [-0.1, -0.05) is 5.57 Å². The third-order valence-electron chi connectivity index (χ3n) is 10.2. The lowest BCUT2D eigenvalue weighted by molar-refractivity contribution is -0.140. The molecule has 1 aliphatic heterocycles. The fourth-order valence-corrected chi connectivity index (χ4v) is 9.12. The molecule has 1 heterocycles. The van der Waals surface area contributed by atoms with Crippen LogP contribution in [0.3, 0.4) is 0 Å². The number of methoxy groups -OCH3 is 1. The number of nitrogens with one attached hydrogen (secondary N) is 1. The summed E-state index contributed by atoms with van der Waals surface area (Å²) in [5.74, 6) is 1.76. The predicted molar refractivity (Wildman–Crippen MR) is 156 cm³/mol. The van der Waals surface area contributed by atoms with Crippen LogP contribution in [0.25, 0.3) is 0 Å². The third kappa shape index (κ3) is 5.13. The maximum Gasteiger partial charge on any atom is 0.247 e. The minimum absolute atomic E-state index is 0.0162. The Labute approximate surface area is 247 Å². The molecule has 9 heteroatoms. The first-order valence-electron chi connectivity index (χ1n) is 15.4. The van der Waals surface area contributed by atoms with Gasteiger partial charge in [0.05, 0.1) is 32.3 Å². The van der Waals surface area contributed by atoms with Gasteiger partial charge >= 0.3 is 0 Å². The summed E-state index contributed by atoms with van der Waals surface area (Å²) in [6, 6.07) is 2.69. The second kappa shape index (κ2) is 11.3. The van der Waals surface area contributed by atoms with Crippen LogP contribution in [-0.4, -0.2) is 77.1 Å². The van der Waals surface area contributed by atoms with E-state index in [0.717, 1.165) is 24.8 Å². The highest BCUT2D eigenvalue weighted by molar-refractivity contribution is 5.96. The highest BCUT2D eigenvalue weighted by Crippen LogP contribution is 2.60. The zero-order valence-electron chi connectivity index (χ0n) is 24.8. The first-order chi connectivity index (χ1) is 20.1. The summed E-state index contributed by atoms with van der Waals surface area (Å²) < 4.78 is 12.0. The van der Waals surface area contributed by atoms with Gasteiger partial charge in [0.15, 0.2) is 11.5 Å². The molecule has 2 amide bonds. The lowest BCUT2D eigenvalue weighted by Gasteiger charge is -2.58. The molecule has 4 atom stereocenters. The molecule has 5 aliphatic carbocycles. The van der Waals surface area contributed by atoms with Gasteiger partial charge in [0.1, 0.15) is 12.2 Å². The third-order valence-corrected chi connectivity index (χ3v) is 10.2. The van der Waals surface area contributed by atoms with Crippen LogP contribution in [0.4, 0.5) is 0 Å². The van der Waals surface area contributed by atoms with Crippen LogP contribution in [0.1, 0.15) is 69.4 Å². The van der Waals surface area contributed by atoms with Crippen molar-refractivity contribution in [1.82, 2.24) is 10.2 Å². The van der Waals surface area contributed by atoms with Crippen LogP contribution >= 0.6 is 0 Å². The molecule has 0 aromatic heterocycles. The van der Waals surface area contributed by atoms with Crippen molar-refractivity contribution in [1.29, 1.82) is 0 Å². The summed E-state index contributed by atoms with van der Waals surface area (Å²) in [5, 5.41) is 34.1. The molecule has 42 heavy (non-hydrogen) atoms. The van der Waals surface area contributed by atoms with E-state index in [9.17, 15) is 24.9 Å². The molecular weight excluding hydrogens is 536 g/mol. The SMILES string of the molecule is COc1cc(CO)cc2c1OC1C2C(C(=O)NCCO)=CC(N(CC23CC4CC(CC(C4)C2)C3)C(=O)C=C(C)C)C1O. The Kier molecular flexibility index (Phi) is 7.87. The number of ether oxygens (including phenoxy) is 2. The zero-order chi connectivity index (χ0) is 29.8. The van der Waals surface area contributed by atoms with Crippen molar-refractivity contribution in [2.75, 3.05) is 26.8 Å². The lowest BCUT2D eigenvalue weighted by atomic mass is 9.49. The number of allylic oxidation sites excluding steroid dienone is 1. The first-order valence-corrected chi connectivity index (χ1v) is 15.4. The Bertz CT molecular complexity index is 1260. The average Bonchev–Trinajstić information content (AvgIpc) is 3.33. The van der Waals surface area contributed by atoms with E-state index in [-0.39, 0.29) is 37.0 Å². The van der Waals surface area contributed by atoms with Gasteiger partial charge in [0, 0.05) is 30.3 Å². The summed E-state index contributed by atoms with van der Waals surface area (Å²) in [7, 11) is 1.51. The maximum absolute atomic E-state index is 14.0. The molecule has 4 saturated carbocycles. The van der Waals surface area contributed by atoms with E-state index in [4.69, 9.17) is 9.47 Å². The fraction of sp³-hybridized carbons (Fsp3) is 0.636. The molecule has 4 N–H and O–H groups in total. The molecule has 1 aromatic carbocycles. The molecule has 228 valence electrons.